The van der Waals surface area contributed by atoms with Crippen LogP contribution in [0.25, 0.3) is 5.69 Å². The van der Waals surface area contributed by atoms with Crippen molar-refractivity contribution in [2.45, 2.75) is 17.6 Å². The van der Waals surface area contributed by atoms with Crippen molar-refractivity contribution in [3.05, 3.63) is 41.7 Å². The summed E-state index contributed by atoms with van der Waals surface area (Å²) in [5, 5.41) is 1.39. The van der Waals surface area contributed by atoms with Gasteiger partial charge in [-0.05, 0) is 24.6 Å². The lowest BCUT2D eigenvalue weighted by molar-refractivity contribution is -0.130. The molecule has 7 nitrogen and oxygen atoms in total. The Hall–Kier alpha value is -1.55. The van der Waals surface area contributed by atoms with E-state index in [1.165, 1.54) is 11.8 Å². The Balaban J connectivity index is 1.30. The van der Waals surface area contributed by atoms with Gasteiger partial charge in [-0.2, -0.15) is 0 Å². The summed E-state index contributed by atoms with van der Waals surface area (Å²) in [5.41, 5.74) is 0.907. The summed E-state index contributed by atoms with van der Waals surface area (Å²) >= 11 is 7.49. The summed E-state index contributed by atoms with van der Waals surface area (Å²) in [4.78, 5) is 21.1. The molecule has 1 aromatic heterocycles. The molecule has 0 unspecified atom stereocenters. The average molecular weight is 455 g/mol. The Morgan fingerprint density at radius 1 is 1.24 bits per heavy atom. The van der Waals surface area contributed by atoms with Gasteiger partial charge in [-0.15, -0.1) is 0 Å². The molecule has 3 heterocycles. The molecule has 2 aliphatic heterocycles. The van der Waals surface area contributed by atoms with Gasteiger partial charge in [0.15, 0.2) is 15.0 Å². The molecule has 2 aromatic rings. The highest BCUT2D eigenvalue weighted by Gasteiger charge is 2.34. The van der Waals surface area contributed by atoms with E-state index < -0.39 is 9.84 Å². The lowest BCUT2D eigenvalue weighted by Gasteiger charge is -2.37. The first-order valence-corrected chi connectivity index (χ1v) is 12.7. The van der Waals surface area contributed by atoms with E-state index in [2.05, 4.69) is 9.88 Å². The maximum atomic E-state index is 12.7. The molecular formula is C19H23ClN4O3S2. The Labute approximate surface area is 179 Å². The zero-order valence-corrected chi connectivity index (χ0v) is 18.3. The van der Waals surface area contributed by atoms with E-state index in [1.807, 2.05) is 39.9 Å². The molecule has 0 bridgehead atoms. The van der Waals surface area contributed by atoms with Crippen LogP contribution in [0.4, 0.5) is 0 Å². The molecule has 2 fully saturated rings. The smallest absolute Gasteiger partial charge is 0.233 e. The van der Waals surface area contributed by atoms with E-state index in [4.69, 9.17) is 11.6 Å². The topological polar surface area (TPSA) is 75.5 Å². The van der Waals surface area contributed by atoms with E-state index in [-0.39, 0.29) is 23.5 Å². The number of carbonyl (C=O) groups excluding carboxylic acids is 1. The molecule has 2 aliphatic rings. The largest absolute Gasteiger partial charge is 0.339 e. The molecule has 156 valence electrons. The number of hydrogen-bond donors (Lipinski definition) is 0. The van der Waals surface area contributed by atoms with Gasteiger partial charge in [0.05, 0.1) is 17.3 Å². The van der Waals surface area contributed by atoms with Crippen LogP contribution in [0.1, 0.15) is 6.42 Å². The minimum Gasteiger partial charge on any atom is -0.339 e. The molecule has 1 aromatic carbocycles. The normalized spacial score (nSPS) is 22.1. The standard InChI is InChI=1S/C19H23ClN4O3S2/c20-15-2-1-3-16(12-15)24-6-5-21-19(24)28-13-18(25)23-9-7-22(8-10-23)17-4-11-29(26,27)14-17/h1-3,5-6,12,17H,4,7-11,13-14H2/t17-/m1/s1. The van der Waals surface area contributed by atoms with Crippen molar-refractivity contribution in [2.24, 2.45) is 0 Å². The van der Waals surface area contributed by atoms with E-state index >= 15 is 0 Å². The van der Waals surface area contributed by atoms with Crippen LogP contribution in [0.2, 0.25) is 5.02 Å². The van der Waals surface area contributed by atoms with E-state index in [0.29, 0.717) is 30.3 Å². The Morgan fingerprint density at radius 2 is 2.03 bits per heavy atom. The zero-order chi connectivity index (χ0) is 20.4. The minimum absolute atomic E-state index is 0.0781. The highest BCUT2D eigenvalue weighted by molar-refractivity contribution is 7.99. The Bertz CT molecular complexity index is 987. The minimum atomic E-state index is -2.88. The summed E-state index contributed by atoms with van der Waals surface area (Å²) in [5.74, 6) is 0.930. The molecule has 2 saturated heterocycles. The van der Waals surface area contributed by atoms with Gasteiger partial charge >= 0.3 is 0 Å². The molecule has 0 saturated carbocycles. The molecule has 0 spiro atoms. The van der Waals surface area contributed by atoms with E-state index in [1.54, 1.807) is 6.20 Å². The number of amides is 1. The lowest BCUT2D eigenvalue weighted by atomic mass is 10.2. The van der Waals surface area contributed by atoms with Crippen molar-refractivity contribution in [1.82, 2.24) is 19.4 Å². The summed E-state index contributed by atoms with van der Waals surface area (Å²) in [6.07, 6.45) is 4.27. The number of halogens is 1. The van der Waals surface area contributed by atoms with Gasteiger partial charge < -0.3 is 4.90 Å². The number of thioether (sulfide) groups is 1. The number of piperazine rings is 1. The summed E-state index contributed by atoms with van der Waals surface area (Å²) in [6, 6.07) is 7.61. The van der Waals surface area contributed by atoms with Gasteiger partial charge in [0.1, 0.15) is 0 Å². The fourth-order valence-electron chi connectivity index (χ4n) is 3.84. The Morgan fingerprint density at radius 3 is 2.72 bits per heavy atom. The summed E-state index contributed by atoms with van der Waals surface area (Å²) < 4.78 is 25.3. The van der Waals surface area contributed by atoms with Crippen LogP contribution in [-0.2, 0) is 14.6 Å². The maximum Gasteiger partial charge on any atom is 0.233 e. The molecule has 0 aliphatic carbocycles. The number of hydrogen-bond acceptors (Lipinski definition) is 6. The fraction of sp³-hybridized carbons (Fsp3) is 0.474. The van der Waals surface area contributed by atoms with Crippen LogP contribution < -0.4 is 0 Å². The van der Waals surface area contributed by atoms with Crippen molar-refractivity contribution < 1.29 is 13.2 Å². The predicted molar refractivity (Wildman–Crippen MR) is 115 cm³/mol. The lowest BCUT2D eigenvalue weighted by Crippen LogP contribution is -2.52. The van der Waals surface area contributed by atoms with Gasteiger partial charge in [-0.1, -0.05) is 29.4 Å². The highest BCUT2D eigenvalue weighted by Crippen LogP contribution is 2.23. The first kappa shape index (κ1) is 20.7. The average Bonchev–Trinajstić information content (AvgIpc) is 3.32. The molecule has 0 N–H and O–H groups in total. The van der Waals surface area contributed by atoms with E-state index in [0.717, 1.165) is 23.9 Å². The first-order chi connectivity index (χ1) is 13.9. The third kappa shape index (κ3) is 4.96. The molecule has 0 radical (unpaired) electrons. The van der Waals surface area contributed by atoms with Crippen molar-refractivity contribution in [3.8, 4) is 5.69 Å². The number of benzene rings is 1. The zero-order valence-electron chi connectivity index (χ0n) is 15.9. The number of carbonyl (C=O) groups is 1. The quantitative estimate of drug-likeness (QED) is 0.643. The predicted octanol–water partition coefficient (Wildman–Crippen LogP) is 1.95. The van der Waals surface area contributed by atoms with Gasteiger partial charge in [0.2, 0.25) is 5.91 Å². The molecule has 10 heteroatoms. The maximum absolute atomic E-state index is 12.7. The molecule has 29 heavy (non-hydrogen) atoms. The van der Waals surface area contributed by atoms with Crippen LogP contribution in [0.15, 0.2) is 41.8 Å². The molecular weight excluding hydrogens is 432 g/mol. The van der Waals surface area contributed by atoms with Crippen LogP contribution in [0, 0.1) is 0 Å². The fourth-order valence-corrected chi connectivity index (χ4v) is 6.66. The molecule has 4 rings (SSSR count). The van der Waals surface area contributed by atoms with Crippen LogP contribution in [-0.4, -0.2) is 83.2 Å². The number of nitrogens with zero attached hydrogens (tertiary/aromatic N) is 4. The van der Waals surface area contributed by atoms with Crippen molar-refractivity contribution in [1.29, 1.82) is 0 Å². The second kappa shape index (κ2) is 8.67. The molecule has 1 amide bonds. The van der Waals surface area contributed by atoms with Gasteiger partial charge in [-0.3, -0.25) is 14.3 Å². The highest BCUT2D eigenvalue weighted by atomic mass is 35.5. The van der Waals surface area contributed by atoms with Crippen molar-refractivity contribution >= 4 is 39.1 Å². The van der Waals surface area contributed by atoms with E-state index in [9.17, 15) is 13.2 Å². The SMILES string of the molecule is O=C(CSc1nccn1-c1cccc(Cl)c1)N1CCN([C@@H]2CCS(=O)(=O)C2)CC1. The second-order valence-electron chi connectivity index (χ2n) is 7.32. The monoisotopic (exact) mass is 454 g/mol. The third-order valence-corrected chi connectivity index (χ3v) is 8.35. The van der Waals surface area contributed by atoms with Crippen LogP contribution in [0.3, 0.4) is 0 Å². The second-order valence-corrected chi connectivity index (χ2v) is 10.9. The number of rotatable bonds is 5. The van der Waals surface area contributed by atoms with Crippen molar-refractivity contribution in [2.75, 3.05) is 43.4 Å². The number of aromatic nitrogens is 2. The van der Waals surface area contributed by atoms with Crippen LogP contribution in [0.5, 0.6) is 0 Å². The van der Waals surface area contributed by atoms with Gasteiger partial charge in [0, 0.05) is 55.3 Å². The van der Waals surface area contributed by atoms with Crippen LogP contribution >= 0.6 is 23.4 Å². The number of sulfone groups is 1. The van der Waals surface area contributed by atoms with Crippen molar-refractivity contribution in [3.63, 3.8) is 0 Å². The number of imidazole rings is 1. The van der Waals surface area contributed by atoms with Gasteiger partial charge in [-0.25, -0.2) is 13.4 Å². The first-order valence-electron chi connectivity index (χ1n) is 9.56. The molecule has 1 atom stereocenters. The third-order valence-electron chi connectivity index (χ3n) is 5.41. The van der Waals surface area contributed by atoms with Gasteiger partial charge in [0.25, 0.3) is 0 Å². The summed E-state index contributed by atoms with van der Waals surface area (Å²) in [7, 11) is -2.88. The Kier molecular flexibility index (Phi) is 6.19. The summed E-state index contributed by atoms with van der Waals surface area (Å²) in [6.45, 7) is 2.73.